The van der Waals surface area contributed by atoms with Crippen molar-refractivity contribution in [3.63, 3.8) is 0 Å². The molecule has 1 unspecified atom stereocenters. The number of thiazole rings is 1. The maximum Gasteiger partial charge on any atom is 0.149 e. The second-order valence-electron chi connectivity index (χ2n) is 4.41. The van der Waals surface area contributed by atoms with Crippen molar-refractivity contribution in [1.82, 2.24) is 19.3 Å². The molecule has 3 aromatic rings. The minimum atomic E-state index is 0.0460. The van der Waals surface area contributed by atoms with E-state index in [1.165, 1.54) is 11.5 Å². The molecule has 6 nitrogen and oxygen atoms in total. The van der Waals surface area contributed by atoms with Crippen LogP contribution in [0.3, 0.4) is 0 Å². The molecule has 0 aliphatic rings. The van der Waals surface area contributed by atoms with Crippen molar-refractivity contribution in [1.29, 1.82) is 0 Å². The van der Waals surface area contributed by atoms with Crippen LogP contribution in [-0.4, -0.2) is 19.3 Å². The molecule has 0 saturated carbocycles. The number of aryl methyl sites for hydroxylation is 1. The summed E-state index contributed by atoms with van der Waals surface area (Å²) in [6, 6.07) is 0.0460. The number of aromatic amines is 1. The van der Waals surface area contributed by atoms with E-state index < -0.39 is 0 Å². The first-order valence-electron chi connectivity index (χ1n) is 6.08. The number of nitrogens with one attached hydrogen (secondary N) is 2. The van der Waals surface area contributed by atoms with Crippen molar-refractivity contribution < 1.29 is 0 Å². The number of nitrogens with two attached hydrogens (primary N) is 1. The molecule has 0 aromatic carbocycles. The van der Waals surface area contributed by atoms with Gasteiger partial charge in [0, 0.05) is 23.5 Å². The fourth-order valence-electron chi connectivity index (χ4n) is 1.86. The summed E-state index contributed by atoms with van der Waals surface area (Å²) in [6.45, 7) is 4.00. The summed E-state index contributed by atoms with van der Waals surface area (Å²) in [5.74, 6) is 1.39. The van der Waals surface area contributed by atoms with Crippen LogP contribution in [0, 0.1) is 6.92 Å². The molecule has 1 atom stereocenters. The molecule has 0 aliphatic carbocycles. The molecule has 0 radical (unpaired) electrons. The van der Waals surface area contributed by atoms with Gasteiger partial charge >= 0.3 is 0 Å². The van der Waals surface area contributed by atoms with E-state index in [1.54, 1.807) is 23.7 Å². The van der Waals surface area contributed by atoms with Gasteiger partial charge in [0.15, 0.2) is 0 Å². The second kappa shape index (κ2) is 5.22. The molecule has 4 N–H and O–H groups in total. The molecule has 20 heavy (non-hydrogen) atoms. The fourth-order valence-corrected chi connectivity index (χ4v) is 3.58. The zero-order chi connectivity index (χ0) is 14.1. The van der Waals surface area contributed by atoms with Gasteiger partial charge in [-0.2, -0.15) is 4.37 Å². The number of hydrogen-bond donors (Lipinski definition) is 3. The molecular formula is C12H14N6S2. The lowest BCUT2D eigenvalue weighted by atomic mass is 10.3. The van der Waals surface area contributed by atoms with Gasteiger partial charge in [-0.25, -0.2) is 9.97 Å². The Morgan fingerprint density at radius 3 is 2.95 bits per heavy atom. The van der Waals surface area contributed by atoms with Gasteiger partial charge in [0.2, 0.25) is 0 Å². The quantitative estimate of drug-likeness (QED) is 0.689. The highest BCUT2D eigenvalue weighted by atomic mass is 32.1. The minimum absolute atomic E-state index is 0.0460. The summed E-state index contributed by atoms with van der Waals surface area (Å²) in [5.41, 5.74) is 7.85. The summed E-state index contributed by atoms with van der Waals surface area (Å²) in [4.78, 5) is 11.8. The van der Waals surface area contributed by atoms with Gasteiger partial charge in [0.1, 0.15) is 21.7 Å². The molecule has 0 amide bonds. The minimum Gasteiger partial charge on any atom is -0.382 e. The van der Waals surface area contributed by atoms with Crippen molar-refractivity contribution in [3.05, 3.63) is 29.3 Å². The number of rotatable bonds is 4. The van der Waals surface area contributed by atoms with Crippen LogP contribution >= 0.6 is 22.9 Å². The zero-order valence-corrected chi connectivity index (χ0v) is 12.7. The highest BCUT2D eigenvalue weighted by Gasteiger charge is 2.19. The Hall–Kier alpha value is -1.93. The Morgan fingerprint density at radius 1 is 1.45 bits per heavy atom. The first-order chi connectivity index (χ1) is 9.65. The monoisotopic (exact) mass is 306 g/mol. The average molecular weight is 306 g/mol. The second-order valence-corrected chi connectivity index (χ2v) is 6.04. The Kier molecular flexibility index (Phi) is 3.41. The van der Waals surface area contributed by atoms with Crippen LogP contribution in [0.25, 0.3) is 10.6 Å². The summed E-state index contributed by atoms with van der Waals surface area (Å²) in [7, 11) is 0. The topological polar surface area (TPSA) is 92.5 Å². The third-order valence-electron chi connectivity index (χ3n) is 2.83. The van der Waals surface area contributed by atoms with Crippen molar-refractivity contribution in [3.8, 4) is 10.6 Å². The molecular weight excluding hydrogens is 292 g/mol. The standard InChI is InChI=1S/C12H14N6S2/c1-6-5-19-11(16-6)8-9(13)18-20-12(8)17-7(2)10-14-3-4-15-10/h3-5,7,17H,1-2H3,(H2,13,18)(H,14,15). The Morgan fingerprint density at radius 2 is 2.30 bits per heavy atom. The molecule has 3 rings (SSSR count). The maximum absolute atomic E-state index is 5.98. The van der Waals surface area contributed by atoms with E-state index in [1.807, 2.05) is 19.2 Å². The third-order valence-corrected chi connectivity index (χ3v) is 4.60. The molecule has 0 aliphatic heterocycles. The van der Waals surface area contributed by atoms with Gasteiger partial charge in [-0.1, -0.05) is 0 Å². The Balaban J connectivity index is 1.91. The molecule has 3 aromatic heterocycles. The number of anilines is 2. The molecule has 0 fully saturated rings. The van der Waals surface area contributed by atoms with Gasteiger partial charge in [0.25, 0.3) is 0 Å². The summed E-state index contributed by atoms with van der Waals surface area (Å²) in [6.07, 6.45) is 3.54. The largest absolute Gasteiger partial charge is 0.382 e. The van der Waals surface area contributed by atoms with Crippen LogP contribution in [-0.2, 0) is 0 Å². The van der Waals surface area contributed by atoms with Crippen LogP contribution in [0.2, 0.25) is 0 Å². The molecule has 3 heterocycles. The summed E-state index contributed by atoms with van der Waals surface area (Å²) >= 11 is 2.92. The van der Waals surface area contributed by atoms with Gasteiger partial charge in [-0.3, -0.25) is 0 Å². The fraction of sp³-hybridized carbons (Fsp3) is 0.250. The van der Waals surface area contributed by atoms with Crippen molar-refractivity contribution >= 4 is 33.7 Å². The molecule has 0 saturated heterocycles. The predicted octanol–water partition coefficient (Wildman–Crippen LogP) is 3.05. The summed E-state index contributed by atoms with van der Waals surface area (Å²) in [5, 5.41) is 7.21. The number of hydrogen-bond acceptors (Lipinski definition) is 7. The molecule has 8 heteroatoms. The Bertz CT molecular complexity index is 699. The first-order valence-corrected chi connectivity index (χ1v) is 7.74. The Labute approximate surface area is 124 Å². The highest BCUT2D eigenvalue weighted by molar-refractivity contribution is 7.15. The van der Waals surface area contributed by atoms with Crippen LogP contribution in [0.4, 0.5) is 10.8 Å². The van der Waals surface area contributed by atoms with Gasteiger partial charge in [-0.15, -0.1) is 11.3 Å². The van der Waals surface area contributed by atoms with Gasteiger partial charge < -0.3 is 16.0 Å². The molecule has 0 bridgehead atoms. The number of imidazole rings is 1. The van der Waals surface area contributed by atoms with Crippen molar-refractivity contribution in [2.75, 3.05) is 11.1 Å². The van der Waals surface area contributed by atoms with Crippen LogP contribution in [0.1, 0.15) is 24.5 Å². The van der Waals surface area contributed by atoms with E-state index in [9.17, 15) is 0 Å². The smallest absolute Gasteiger partial charge is 0.149 e. The van der Waals surface area contributed by atoms with E-state index in [0.29, 0.717) is 5.82 Å². The number of nitrogens with zero attached hydrogens (tertiary/aromatic N) is 3. The normalized spacial score (nSPS) is 12.5. The number of H-pyrrole nitrogens is 1. The highest BCUT2D eigenvalue weighted by Crippen LogP contribution is 2.39. The lowest BCUT2D eigenvalue weighted by Gasteiger charge is -2.11. The van der Waals surface area contributed by atoms with E-state index >= 15 is 0 Å². The number of aromatic nitrogens is 4. The average Bonchev–Trinajstić information content (AvgIpc) is 3.11. The van der Waals surface area contributed by atoms with E-state index in [-0.39, 0.29) is 6.04 Å². The van der Waals surface area contributed by atoms with Crippen LogP contribution < -0.4 is 11.1 Å². The number of nitrogen functional groups attached to an aromatic ring is 1. The summed E-state index contributed by atoms with van der Waals surface area (Å²) < 4.78 is 4.23. The van der Waals surface area contributed by atoms with E-state index in [4.69, 9.17) is 5.73 Å². The van der Waals surface area contributed by atoms with Crippen LogP contribution in [0.15, 0.2) is 17.8 Å². The maximum atomic E-state index is 5.98. The van der Waals surface area contributed by atoms with Crippen molar-refractivity contribution in [2.24, 2.45) is 0 Å². The van der Waals surface area contributed by atoms with Gasteiger partial charge in [-0.05, 0) is 25.4 Å². The third kappa shape index (κ3) is 2.39. The zero-order valence-electron chi connectivity index (χ0n) is 11.0. The first kappa shape index (κ1) is 13.1. The SMILES string of the molecule is Cc1csc(-c2c(N)nsc2NC(C)c2ncc[nH]2)n1. The van der Waals surface area contributed by atoms with E-state index in [0.717, 1.165) is 27.1 Å². The van der Waals surface area contributed by atoms with E-state index in [2.05, 4.69) is 24.6 Å². The van der Waals surface area contributed by atoms with Gasteiger partial charge in [0.05, 0.1) is 11.6 Å². The lowest BCUT2D eigenvalue weighted by Crippen LogP contribution is -2.08. The van der Waals surface area contributed by atoms with Crippen LogP contribution in [0.5, 0.6) is 0 Å². The predicted molar refractivity (Wildman–Crippen MR) is 83.0 cm³/mol. The molecule has 0 spiro atoms. The molecule has 104 valence electrons. The van der Waals surface area contributed by atoms with Crippen molar-refractivity contribution in [2.45, 2.75) is 19.9 Å². The lowest BCUT2D eigenvalue weighted by molar-refractivity contribution is 0.813.